The van der Waals surface area contributed by atoms with Gasteiger partial charge in [-0.2, -0.15) is 0 Å². The van der Waals surface area contributed by atoms with Gasteiger partial charge in [-0.3, -0.25) is 4.79 Å². The van der Waals surface area contributed by atoms with Crippen LogP contribution < -0.4 is 4.90 Å². The van der Waals surface area contributed by atoms with Crippen molar-refractivity contribution in [1.29, 1.82) is 0 Å². The van der Waals surface area contributed by atoms with Gasteiger partial charge in [0.2, 0.25) is 5.91 Å². The van der Waals surface area contributed by atoms with E-state index in [0.717, 1.165) is 33.1 Å². The quantitative estimate of drug-likeness (QED) is 0.444. The number of carbonyl (C=O) groups excluding carboxylic acids is 1. The molecule has 0 saturated carbocycles. The van der Waals surface area contributed by atoms with E-state index in [2.05, 4.69) is 54.4 Å². The van der Waals surface area contributed by atoms with Crippen LogP contribution in [0.3, 0.4) is 0 Å². The number of nitrogens with zero attached hydrogens (tertiary/aromatic N) is 3. The fourth-order valence-corrected chi connectivity index (χ4v) is 6.11. The summed E-state index contributed by atoms with van der Waals surface area (Å²) in [6.45, 7) is 5.18. The van der Waals surface area contributed by atoms with Crippen molar-refractivity contribution in [3.05, 3.63) is 65.2 Å². The minimum atomic E-state index is 0.134. The summed E-state index contributed by atoms with van der Waals surface area (Å²) in [6, 6.07) is 16.9. The van der Waals surface area contributed by atoms with Crippen molar-refractivity contribution in [3.8, 4) is 0 Å². The van der Waals surface area contributed by atoms with E-state index in [0.29, 0.717) is 11.7 Å². The van der Waals surface area contributed by atoms with Gasteiger partial charge in [-0.05, 0) is 35.1 Å². The Labute approximate surface area is 184 Å². The zero-order chi connectivity index (χ0) is 20.2. The highest BCUT2D eigenvalue weighted by Gasteiger charge is 2.24. The number of para-hydroxylation sites is 1. The molecule has 1 aliphatic heterocycles. The van der Waals surface area contributed by atoms with E-state index in [9.17, 15) is 4.79 Å². The van der Waals surface area contributed by atoms with Gasteiger partial charge in [0.15, 0.2) is 8.68 Å². The number of anilines is 1. The van der Waals surface area contributed by atoms with Crippen LogP contribution in [0.4, 0.5) is 5.69 Å². The molecular weight excluding hydrogens is 418 g/mol. The Bertz CT molecular complexity index is 985. The molecule has 1 aliphatic rings. The summed E-state index contributed by atoms with van der Waals surface area (Å²) in [6.07, 6.45) is 0.935. The highest BCUT2D eigenvalue weighted by molar-refractivity contribution is 8.03. The number of hydrogen-bond acceptors (Lipinski definition) is 6. The van der Waals surface area contributed by atoms with Crippen LogP contribution >= 0.6 is 34.9 Å². The van der Waals surface area contributed by atoms with Gasteiger partial charge in [-0.1, -0.05) is 91.2 Å². The van der Waals surface area contributed by atoms with Crippen LogP contribution in [0, 0.1) is 0 Å². The van der Waals surface area contributed by atoms with Crippen LogP contribution in [0.15, 0.2) is 57.2 Å². The van der Waals surface area contributed by atoms with Gasteiger partial charge in [0.05, 0.1) is 5.75 Å². The van der Waals surface area contributed by atoms with Gasteiger partial charge in [-0.25, -0.2) is 0 Å². The van der Waals surface area contributed by atoms with Crippen LogP contribution in [0.25, 0.3) is 0 Å². The van der Waals surface area contributed by atoms with Gasteiger partial charge in [0.25, 0.3) is 0 Å². The van der Waals surface area contributed by atoms with E-state index in [1.54, 1.807) is 23.1 Å². The maximum atomic E-state index is 12.6. The lowest BCUT2D eigenvalue weighted by Crippen LogP contribution is -2.30. The molecule has 1 aromatic heterocycles. The summed E-state index contributed by atoms with van der Waals surface area (Å²) >= 11 is 4.74. The van der Waals surface area contributed by atoms with Crippen molar-refractivity contribution in [2.45, 2.75) is 40.6 Å². The second-order valence-electron chi connectivity index (χ2n) is 7.23. The van der Waals surface area contributed by atoms with Crippen LogP contribution in [0.2, 0.25) is 0 Å². The first kappa shape index (κ1) is 20.4. The topological polar surface area (TPSA) is 46.1 Å². The molecule has 4 nitrogen and oxygen atoms in total. The molecule has 0 atom stereocenters. The van der Waals surface area contributed by atoms with Crippen LogP contribution in [0.5, 0.6) is 0 Å². The normalized spacial score (nSPS) is 13.1. The fourth-order valence-electron chi connectivity index (χ4n) is 3.26. The molecule has 2 heterocycles. The predicted molar refractivity (Wildman–Crippen MR) is 123 cm³/mol. The smallest absolute Gasteiger partial charge is 0.237 e. The van der Waals surface area contributed by atoms with E-state index < -0.39 is 0 Å². The number of aromatic nitrogens is 2. The average molecular weight is 442 g/mol. The maximum absolute atomic E-state index is 12.6. The lowest BCUT2D eigenvalue weighted by Gasteiger charge is -2.16. The molecular formula is C22H23N3OS3. The van der Waals surface area contributed by atoms with Crippen molar-refractivity contribution in [3.63, 3.8) is 0 Å². The summed E-state index contributed by atoms with van der Waals surface area (Å²) in [4.78, 5) is 14.5. The number of hydrogen-bond donors (Lipinski definition) is 0. The molecule has 4 rings (SSSR count). The highest BCUT2D eigenvalue weighted by Crippen LogP contribution is 2.32. The van der Waals surface area contributed by atoms with Crippen LogP contribution in [-0.4, -0.2) is 28.4 Å². The second-order valence-corrected chi connectivity index (χ2v) is 10.7. The lowest BCUT2D eigenvalue weighted by atomic mass is 10.0. The van der Waals surface area contributed by atoms with Crippen LogP contribution in [0.1, 0.15) is 36.5 Å². The Morgan fingerprint density at radius 1 is 1.07 bits per heavy atom. The highest BCUT2D eigenvalue weighted by atomic mass is 32.2. The van der Waals surface area contributed by atoms with E-state index >= 15 is 0 Å². The molecule has 0 saturated heterocycles. The molecule has 29 heavy (non-hydrogen) atoms. The Kier molecular flexibility index (Phi) is 6.57. The minimum absolute atomic E-state index is 0.134. The largest absolute Gasteiger partial charge is 0.311 e. The summed E-state index contributed by atoms with van der Waals surface area (Å²) < 4.78 is 1.79. The Morgan fingerprint density at radius 3 is 2.55 bits per heavy atom. The van der Waals surface area contributed by atoms with E-state index in [1.165, 1.54) is 28.5 Å². The number of benzene rings is 2. The van der Waals surface area contributed by atoms with E-state index in [-0.39, 0.29) is 5.91 Å². The third-order valence-corrected chi connectivity index (χ3v) is 8.15. The number of thioether (sulfide) groups is 2. The molecule has 0 bridgehead atoms. The van der Waals surface area contributed by atoms with Crippen molar-refractivity contribution in [2.24, 2.45) is 0 Å². The molecule has 3 aromatic rings. The SMILES string of the molecule is CC(C)c1ccc(CSc2nnc(SCC(=O)N3CCc4ccccc43)s2)cc1. The monoisotopic (exact) mass is 441 g/mol. The molecule has 0 spiro atoms. The first-order chi connectivity index (χ1) is 14.1. The van der Waals surface area contributed by atoms with Crippen molar-refractivity contribution < 1.29 is 4.79 Å². The van der Waals surface area contributed by atoms with Gasteiger partial charge in [0.1, 0.15) is 0 Å². The van der Waals surface area contributed by atoms with Gasteiger partial charge in [0, 0.05) is 18.0 Å². The molecule has 0 unspecified atom stereocenters. The molecule has 2 aromatic carbocycles. The van der Waals surface area contributed by atoms with Gasteiger partial charge in [-0.15, -0.1) is 10.2 Å². The summed E-state index contributed by atoms with van der Waals surface area (Å²) in [5.41, 5.74) is 4.95. The number of amides is 1. The van der Waals surface area contributed by atoms with Crippen molar-refractivity contribution >= 4 is 46.5 Å². The first-order valence-corrected chi connectivity index (χ1v) is 12.4. The van der Waals surface area contributed by atoms with Crippen molar-refractivity contribution in [2.75, 3.05) is 17.2 Å². The van der Waals surface area contributed by atoms with Crippen LogP contribution in [-0.2, 0) is 17.0 Å². The zero-order valence-corrected chi connectivity index (χ0v) is 18.9. The maximum Gasteiger partial charge on any atom is 0.237 e. The van der Waals surface area contributed by atoms with E-state index in [4.69, 9.17) is 0 Å². The third-order valence-electron chi connectivity index (χ3n) is 4.90. The summed E-state index contributed by atoms with van der Waals surface area (Å²) in [5.74, 6) is 1.96. The molecule has 1 amide bonds. The standard InChI is InChI=1S/C22H23N3OS3/c1-15(2)17-9-7-16(8-10-17)13-27-21-23-24-22(29-21)28-14-20(26)25-12-11-18-5-3-4-6-19(18)25/h3-10,15H,11-14H2,1-2H3. The average Bonchev–Trinajstić information content (AvgIpc) is 3.38. The minimum Gasteiger partial charge on any atom is -0.311 e. The van der Waals surface area contributed by atoms with E-state index in [1.807, 2.05) is 23.1 Å². The third kappa shape index (κ3) is 5.02. The van der Waals surface area contributed by atoms with Crippen molar-refractivity contribution in [1.82, 2.24) is 10.2 Å². The second kappa shape index (κ2) is 9.32. The van der Waals surface area contributed by atoms with Gasteiger partial charge >= 0.3 is 0 Å². The Morgan fingerprint density at radius 2 is 1.79 bits per heavy atom. The number of fused-ring (bicyclic) bond motifs is 1. The molecule has 7 heteroatoms. The first-order valence-electron chi connectivity index (χ1n) is 9.66. The number of rotatable bonds is 7. The molecule has 0 fully saturated rings. The number of carbonyl (C=O) groups is 1. The van der Waals surface area contributed by atoms with Gasteiger partial charge < -0.3 is 4.90 Å². The molecule has 0 aliphatic carbocycles. The fraction of sp³-hybridized carbons (Fsp3) is 0.318. The zero-order valence-electron chi connectivity index (χ0n) is 16.5. The summed E-state index contributed by atoms with van der Waals surface area (Å²) in [7, 11) is 0. The predicted octanol–water partition coefficient (Wildman–Crippen LogP) is 5.64. The molecule has 0 radical (unpaired) electrons. The Balaban J connectivity index is 1.28. The summed E-state index contributed by atoms with van der Waals surface area (Å²) in [5, 5.41) is 8.52. The lowest BCUT2D eigenvalue weighted by molar-refractivity contribution is -0.116. The molecule has 150 valence electrons. The molecule has 0 N–H and O–H groups in total. The Hall–Kier alpha value is -1.83.